The molecule has 0 aliphatic carbocycles. The second-order valence-electron chi connectivity index (χ2n) is 4.34. The standard InChI is InChI=1S/C9H18FN/c1-7(2)8-5-9(3,10)6-11(8)4/h7-8H,5-6H2,1-4H3/t8-,9+/m0/s1. The molecule has 1 aliphatic rings. The van der Waals surface area contributed by atoms with Crippen molar-refractivity contribution >= 4 is 0 Å². The molecule has 0 unspecified atom stereocenters. The molecule has 66 valence electrons. The number of halogens is 1. The van der Waals surface area contributed by atoms with Crippen LogP contribution in [0.15, 0.2) is 0 Å². The minimum atomic E-state index is -0.955. The molecule has 1 nitrogen and oxygen atoms in total. The quantitative estimate of drug-likeness (QED) is 0.566. The Kier molecular flexibility index (Phi) is 2.24. The lowest BCUT2D eigenvalue weighted by Crippen LogP contribution is -2.29. The van der Waals surface area contributed by atoms with E-state index in [1.807, 2.05) is 7.05 Å². The van der Waals surface area contributed by atoms with Crippen LogP contribution in [0.25, 0.3) is 0 Å². The summed E-state index contributed by atoms with van der Waals surface area (Å²) in [7, 11) is 2.01. The van der Waals surface area contributed by atoms with E-state index < -0.39 is 5.67 Å². The Morgan fingerprint density at radius 1 is 1.55 bits per heavy atom. The molecule has 0 spiro atoms. The van der Waals surface area contributed by atoms with Gasteiger partial charge in [0, 0.05) is 12.6 Å². The van der Waals surface area contributed by atoms with Crippen LogP contribution >= 0.6 is 0 Å². The molecule has 0 amide bonds. The van der Waals surface area contributed by atoms with Crippen LogP contribution in [-0.4, -0.2) is 30.2 Å². The van der Waals surface area contributed by atoms with Crippen LogP contribution in [0.2, 0.25) is 0 Å². The Morgan fingerprint density at radius 2 is 2.09 bits per heavy atom. The maximum Gasteiger partial charge on any atom is 0.122 e. The third-order valence-electron chi connectivity index (χ3n) is 2.55. The topological polar surface area (TPSA) is 3.24 Å². The van der Waals surface area contributed by atoms with Crippen LogP contribution in [0.5, 0.6) is 0 Å². The van der Waals surface area contributed by atoms with Crippen molar-refractivity contribution in [1.82, 2.24) is 4.90 Å². The monoisotopic (exact) mass is 159 g/mol. The number of hydrogen-bond acceptors (Lipinski definition) is 1. The highest BCUT2D eigenvalue weighted by atomic mass is 19.1. The van der Waals surface area contributed by atoms with E-state index in [-0.39, 0.29) is 0 Å². The molecule has 0 aromatic rings. The van der Waals surface area contributed by atoms with Gasteiger partial charge in [-0.1, -0.05) is 13.8 Å². The van der Waals surface area contributed by atoms with Crippen molar-refractivity contribution < 1.29 is 4.39 Å². The predicted molar refractivity (Wildman–Crippen MR) is 45.4 cm³/mol. The van der Waals surface area contributed by atoms with Crippen LogP contribution in [0, 0.1) is 5.92 Å². The van der Waals surface area contributed by atoms with Crippen molar-refractivity contribution in [3.8, 4) is 0 Å². The third kappa shape index (κ3) is 1.92. The molecular formula is C9H18FN. The van der Waals surface area contributed by atoms with Crippen molar-refractivity contribution in [3.05, 3.63) is 0 Å². The first-order chi connectivity index (χ1) is 4.92. The SMILES string of the molecule is CC(C)[C@@H]1C[C@@](C)(F)CN1C. The maximum atomic E-state index is 13.4. The van der Waals surface area contributed by atoms with Crippen molar-refractivity contribution in [3.63, 3.8) is 0 Å². The van der Waals surface area contributed by atoms with Gasteiger partial charge in [0.05, 0.1) is 0 Å². The second-order valence-corrected chi connectivity index (χ2v) is 4.34. The lowest BCUT2D eigenvalue weighted by molar-refractivity contribution is 0.198. The molecular weight excluding hydrogens is 141 g/mol. The molecule has 1 saturated heterocycles. The Hall–Kier alpha value is -0.110. The van der Waals surface area contributed by atoms with Crippen molar-refractivity contribution in [2.24, 2.45) is 5.92 Å². The molecule has 0 aromatic heterocycles. The third-order valence-corrected chi connectivity index (χ3v) is 2.55. The van der Waals surface area contributed by atoms with E-state index in [9.17, 15) is 4.39 Å². The highest BCUT2D eigenvalue weighted by Crippen LogP contribution is 2.32. The number of nitrogens with zero attached hydrogens (tertiary/aromatic N) is 1. The number of alkyl halides is 1. The molecule has 0 aromatic carbocycles. The van der Waals surface area contributed by atoms with Gasteiger partial charge in [0.15, 0.2) is 0 Å². The van der Waals surface area contributed by atoms with Gasteiger partial charge in [-0.3, -0.25) is 4.90 Å². The molecule has 1 heterocycles. The fraction of sp³-hybridized carbons (Fsp3) is 1.00. The first-order valence-electron chi connectivity index (χ1n) is 4.31. The van der Waals surface area contributed by atoms with E-state index in [0.717, 1.165) is 0 Å². The largest absolute Gasteiger partial charge is 0.300 e. The molecule has 1 rings (SSSR count). The van der Waals surface area contributed by atoms with Gasteiger partial charge in [-0.2, -0.15) is 0 Å². The summed E-state index contributed by atoms with van der Waals surface area (Å²) in [5.74, 6) is 0.567. The molecule has 2 heteroatoms. The van der Waals surface area contributed by atoms with Gasteiger partial charge in [-0.25, -0.2) is 4.39 Å². The lowest BCUT2D eigenvalue weighted by atomic mass is 9.97. The zero-order chi connectivity index (χ0) is 8.65. The van der Waals surface area contributed by atoms with E-state index in [2.05, 4.69) is 18.7 Å². The number of hydrogen-bond donors (Lipinski definition) is 0. The predicted octanol–water partition coefficient (Wildman–Crippen LogP) is 2.07. The molecule has 0 bridgehead atoms. The summed E-state index contributed by atoms with van der Waals surface area (Å²) in [4.78, 5) is 2.13. The van der Waals surface area contributed by atoms with Crippen molar-refractivity contribution in [2.75, 3.05) is 13.6 Å². The maximum absolute atomic E-state index is 13.4. The van der Waals surface area contributed by atoms with Gasteiger partial charge >= 0.3 is 0 Å². The minimum Gasteiger partial charge on any atom is -0.300 e. The number of likely N-dealkylation sites (tertiary alicyclic amines) is 1. The van der Waals surface area contributed by atoms with E-state index in [0.29, 0.717) is 24.9 Å². The molecule has 11 heavy (non-hydrogen) atoms. The number of rotatable bonds is 1. The highest BCUT2D eigenvalue weighted by Gasteiger charge is 2.39. The summed E-state index contributed by atoms with van der Waals surface area (Å²) in [6, 6.07) is 0.435. The first-order valence-corrected chi connectivity index (χ1v) is 4.31. The van der Waals surface area contributed by atoms with Gasteiger partial charge in [-0.05, 0) is 26.3 Å². The van der Waals surface area contributed by atoms with Crippen LogP contribution in [0.4, 0.5) is 4.39 Å². The van der Waals surface area contributed by atoms with Gasteiger partial charge in [-0.15, -0.1) is 0 Å². The summed E-state index contributed by atoms with van der Waals surface area (Å²) in [5, 5.41) is 0. The lowest BCUT2D eigenvalue weighted by Gasteiger charge is -2.21. The van der Waals surface area contributed by atoms with Crippen LogP contribution in [0.1, 0.15) is 27.2 Å². The molecule has 1 fully saturated rings. The first kappa shape index (κ1) is 8.98. The average molecular weight is 159 g/mol. The van der Waals surface area contributed by atoms with E-state index >= 15 is 0 Å². The molecule has 0 saturated carbocycles. The summed E-state index contributed by atoms with van der Waals surface area (Å²) >= 11 is 0. The Morgan fingerprint density at radius 3 is 2.27 bits per heavy atom. The molecule has 1 aliphatic heterocycles. The Labute approximate surface area is 68.6 Å². The van der Waals surface area contributed by atoms with Crippen LogP contribution in [0.3, 0.4) is 0 Å². The summed E-state index contributed by atoms with van der Waals surface area (Å²) in [5.41, 5.74) is -0.955. The summed E-state index contributed by atoms with van der Waals surface area (Å²) in [6.07, 6.45) is 0.696. The van der Waals surface area contributed by atoms with Gasteiger partial charge in [0.2, 0.25) is 0 Å². The minimum absolute atomic E-state index is 0.435. The van der Waals surface area contributed by atoms with E-state index in [4.69, 9.17) is 0 Å². The smallest absolute Gasteiger partial charge is 0.122 e. The summed E-state index contributed by atoms with van der Waals surface area (Å²) < 4.78 is 13.4. The molecule has 0 radical (unpaired) electrons. The van der Waals surface area contributed by atoms with Crippen molar-refractivity contribution in [1.29, 1.82) is 0 Å². The zero-order valence-electron chi connectivity index (χ0n) is 7.89. The fourth-order valence-electron chi connectivity index (χ4n) is 2.04. The average Bonchev–Trinajstić information content (AvgIpc) is 2.05. The van der Waals surface area contributed by atoms with Gasteiger partial charge in [0.25, 0.3) is 0 Å². The van der Waals surface area contributed by atoms with Gasteiger partial charge in [0.1, 0.15) is 5.67 Å². The fourth-order valence-corrected chi connectivity index (χ4v) is 2.04. The second kappa shape index (κ2) is 2.74. The van der Waals surface area contributed by atoms with Crippen molar-refractivity contribution in [2.45, 2.75) is 38.9 Å². The normalized spacial score (nSPS) is 40.4. The van der Waals surface area contributed by atoms with Crippen LogP contribution in [-0.2, 0) is 0 Å². The molecule has 0 N–H and O–H groups in total. The Bertz CT molecular complexity index is 142. The van der Waals surface area contributed by atoms with E-state index in [1.54, 1.807) is 6.92 Å². The van der Waals surface area contributed by atoms with Gasteiger partial charge < -0.3 is 0 Å². The summed E-state index contributed by atoms with van der Waals surface area (Å²) in [6.45, 7) is 6.60. The highest BCUT2D eigenvalue weighted by molar-refractivity contribution is 4.93. The van der Waals surface area contributed by atoms with E-state index in [1.165, 1.54) is 0 Å². The molecule has 2 atom stereocenters. The zero-order valence-corrected chi connectivity index (χ0v) is 7.89. The van der Waals surface area contributed by atoms with Crippen LogP contribution < -0.4 is 0 Å². The Balaban J connectivity index is 2.59.